The summed E-state index contributed by atoms with van der Waals surface area (Å²) in [6.45, 7) is 8.10. The van der Waals surface area contributed by atoms with Crippen LogP contribution in [0.15, 0.2) is 36.7 Å². The highest BCUT2D eigenvalue weighted by molar-refractivity contribution is 5.23. The average Bonchev–Trinajstić information content (AvgIpc) is 2.64. The van der Waals surface area contributed by atoms with Crippen LogP contribution < -0.4 is 9.47 Å². The quantitative estimate of drug-likeness (QED) is 0.819. The minimum absolute atomic E-state index is 0.114. The molecule has 1 aliphatic rings. The Kier molecular flexibility index (Phi) is 6.46. The summed E-state index contributed by atoms with van der Waals surface area (Å²) >= 11 is 0. The smallest absolute Gasteiger partial charge is 0.237 e. The van der Waals surface area contributed by atoms with Crippen molar-refractivity contribution in [1.29, 1.82) is 0 Å². The van der Waals surface area contributed by atoms with Crippen molar-refractivity contribution >= 4 is 0 Å². The lowest BCUT2D eigenvalue weighted by molar-refractivity contribution is 0.00133. The molecule has 3 rings (SSSR count). The number of piperidine rings is 1. The van der Waals surface area contributed by atoms with E-state index in [2.05, 4.69) is 14.9 Å². The summed E-state index contributed by atoms with van der Waals surface area (Å²) in [7, 11) is 0. The van der Waals surface area contributed by atoms with Gasteiger partial charge in [0.1, 0.15) is 11.3 Å². The van der Waals surface area contributed by atoms with Gasteiger partial charge in [0.2, 0.25) is 5.88 Å². The summed E-state index contributed by atoms with van der Waals surface area (Å²) < 4.78 is 25.3. The van der Waals surface area contributed by atoms with E-state index in [1.54, 1.807) is 30.6 Å². The molecular weight excluding hydrogens is 361 g/mol. The lowest BCUT2D eigenvalue weighted by atomic mass is 9.95. The van der Waals surface area contributed by atoms with Crippen LogP contribution in [0.1, 0.15) is 32.9 Å². The standard InChI is InChI=1S/C21H28FN3O3/c1-21(2,3)28-20-17(23-9-10-24-20)13-25-11-8-18(26)15(12-25)14-27-19-7-5-4-6-16(19)22/h4-7,9-10,15,18,26H,8,11-14H2,1-3H3/t15-,18?/m0/s1. The van der Waals surface area contributed by atoms with E-state index in [0.29, 0.717) is 25.4 Å². The van der Waals surface area contributed by atoms with Gasteiger partial charge in [-0.15, -0.1) is 0 Å². The van der Waals surface area contributed by atoms with Crippen LogP contribution in [0.25, 0.3) is 0 Å². The molecule has 6 nitrogen and oxygen atoms in total. The molecule has 2 atom stereocenters. The van der Waals surface area contributed by atoms with Crippen LogP contribution in [0.5, 0.6) is 11.6 Å². The number of aliphatic hydroxyl groups is 1. The predicted molar refractivity (Wildman–Crippen MR) is 104 cm³/mol. The third-order valence-corrected chi connectivity index (χ3v) is 4.58. The number of likely N-dealkylation sites (tertiary alicyclic amines) is 1. The summed E-state index contributed by atoms with van der Waals surface area (Å²) in [5, 5.41) is 10.4. The molecule has 2 heterocycles. The minimum atomic E-state index is -0.477. The van der Waals surface area contributed by atoms with Crippen LogP contribution >= 0.6 is 0 Å². The molecule has 0 spiro atoms. The largest absolute Gasteiger partial charge is 0.490 e. The first kappa shape index (κ1) is 20.5. The van der Waals surface area contributed by atoms with Crippen molar-refractivity contribution in [2.75, 3.05) is 19.7 Å². The Morgan fingerprint density at radius 2 is 1.96 bits per heavy atom. The highest BCUT2D eigenvalue weighted by Crippen LogP contribution is 2.25. The maximum absolute atomic E-state index is 13.8. The van der Waals surface area contributed by atoms with Crippen LogP contribution in [-0.4, -0.2) is 51.4 Å². The normalized spacial score (nSPS) is 20.8. The molecule has 0 bridgehead atoms. The Morgan fingerprint density at radius 3 is 2.71 bits per heavy atom. The van der Waals surface area contributed by atoms with Gasteiger partial charge < -0.3 is 14.6 Å². The second kappa shape index (κ2) is 8.84. The fourth-order valence-corrected chi connectivity index (χ4v) is 3.21. The number of nitrogens with zero attached hydrogens (tertiary/aromatic N) is 3. The number of aromatic nitrogens is 2. The molecule has 1 aliphatic heterocycles. The number of benzene rings is 1. The number of halogens is 1. The second-order valence-electron chi connectivity index (χ2n) is 8.12. The minimum Gasteiger partial charge on any atom is -0.490 e. The predicted octanol–water partition coefficient (Wildman–Crippen LogP) is 3.05. The van der Waals surface area contributed by atoms with Gasteiger partial charge in [-0.2, -0.15) is 0 Å². The topological polar surface area (TPSA) is 67.7 Å². The molecule has 7 heteroatoms. The summed E-state index contributed by atoms with van der Waals surface area (Å²) in [6.07, 6.45) is 3.43. The van der Waals surface area contributed by atoms with E-state index in [1.165, 1.54) is 6.07 Å². The van der Waals surface area contributed by atoms with Gasteiger partial charge in [-0.05, 0) is 39.3 Å². The number of para-hydroxylation sites is 1. The van der Waals surface area contributed by atoms with Crippen LogP contribution in [0, 0.1) is 11.7 Å². The van der Waals surface area contributed by atoms with E-state index in [9.17, 15) is 9.50 Å². The van der Waals surface area contributed by atoms with Gasteiger partial charge in [-0.3, -0.25) is 9.88 Å². The van der Waals surface area contributed by atoms with Crippen LogP contribution in [-0.2, 0) is 6.54 Å². The van der Waals surface area contributed by atoms with Crippen molar-refractivity contribution in [1.82, 2.24) is 14.9 Å². The Morgan fingerprint density at radius 1 is 1.21 bits per heavy atom. The summed E-state index contributed by atoms with van der Waals surface area (Å²) in [6, 6.07) is 6.31. The van der Waals surface area contributed by atoms with Crippen LogP contribution in [0.3, 0.4) is 0 Å². The molecule has 152 valence electrons. The Balaban J connectivity index is 1.62. The fourth-order valence-electron chi connectivity index (χ4n) is 3.21. The molecule has 2 aromatic rings. The molecular formula is C21H28FN3O3. The zero-order chi connectivity index (χ0) is 20.1. The molecule has 0 aliphatic carbocycles. The number of ether oxygens (including phenoxy) is 2. The van der Waals surface area contributed by atoms with Crippen molar-refractivity contribution in [3.63, 3.8) is 0 Å². The first-order valence-electron chi connectivity index (χ1n) is 9.58. The third-order valence-electron chi connectivity index (χ3n) is 4.58. The van der Waals surface area contributed by atoms with E-state index in [4.69, 9.17) is 9.47 Å². The molecule has 1 fully saturated rings. The van der Waals surface area contributed by atoms with Gasteiger partial charge in [0.25, 0.3) is 0 Å². The van der Waals surface area contributed by atoms with Gasteiger partial charge in [0.15, 0.2) is 11.6 Å². The molecule has 1 unspecified atom stereocenters. The van der Waals surface area contributed by atoms with E-state index in [1.807, 2.05) is 20.8 Å². The van der Waals surface area contributed by atoms with Gasteiger partial charge in [0, 0.05) is 37.9 Å². The molecule has 0 saturated carbocycles. The maximum atomic E-state index is 13.8. The van der Waals surface area contributed by atoms with Crippen molar-refractivity contribution in [2.45, 2.75) is 45.4 Å². The van der Waals surface area contributed by atoms with E-state index >= 15 is 0 Å². The number of aliphatic hydroxyl groups excluding tert-OH is 1. The molecule has 1 aromatic carbocycles. The first-order chi connectivity index (χ1) is 13.3. The molecule has 1 aromatic heterocycles. The van der Waals surface area contributed by atoms with Crippen molar-refractivity contribution < 1.29 is 19.0 Å². The highest BCUT2D eigenvalue weighted by Gasteiger charge is 2.29. The Bertz CT molecular complexity index is 781. The van der Waals surface area contributed by atoms with E-state index in [0.717, 1.165) is 12.2 Å². The fraction of sp³-hybridized carbons (Fsp3) is 0.524. The number of hydrogen-bond acceptors (Lipinski definition) is 6. The second-order valence-corrected chi connectivity index (χ2v) is 8.12. The van der Waals surface area contributed by atoms with Crippen molar-refractivity contribution in [2.24, 2.45) is 5.92 Å². The Labute approximate surface area is 165 Å². The zero-order valence-electron chi connectivity index (χ0n) is 16.6. The van der Waals surface area contributed by atoms with Gasteiger partial charge in [-0.25, -0.2) is 9.37 Å². The summed E-state index contributed by atoms with van der Waals surface area (Å²) in [5.41, 5.74) is 0.404. The SMILES string of the molecule is CC(C)(C)Oc1nccnc1CN1CCC(O)[C@H](COc2ccccc2F)C1. The lowest BCUT2D eigenvalue weighted by Gasteiger charge is -2.36. The number of hydrogen-bond donors (Lipinski definition) is 1. The van der Waals surface area contributed by atoms with Crippen LogP contribution in [0.4, 0.5) is 4.39 Å². The van der Waals surface area contributed by atoms with Gasteiger partial charge in [-0.1, -0.05) is 12.1 Å². The monoisotopic (exact) mass is 389 g/mol. The molecule has 28 heavy (non-hydrogen) atoms. The van der Waals surface area contributed by atoms with E-state index < -0.39 is 11.9 Å². The maximum Gasteiger partial charge on any atom is 0.237 e. The Hall–Kier alpha value is -2.25. The molecule has 1 saturated heterocycles. The molecule has 0 radical (unpaired) electrons. The first-order valence-corrected chi connectivity index (χ1v) is 9.58. The number of rotatable bonds is 6. The van der Waals surface area contributed by atoms with Gasteiger partial charge in [0.05, 0.1) is 12.7 Å². The molecule has 1 N–H and O–H groups in total. The van der Waals surface area contributed by atoms with Crippen molar-refractivity contribution in [3.05, 3.63) is 48.2 Å². The highest BCUT2D eigenvalue weighted by atomic mass is 19.1. The van der Waals surface area contributed by atoms with E-state index in [-0.39, 0.29) is 23.9 Å². The average molecular weight is 389 g/mol. The zero-order valence-corrected chi connectivity index (χ0v) is 16.6. The summed E-state index contributed by atoms with van der Waals surface area (Å²) in [5.74, 6) is 0.229. The molecule has 0 amide bonds. The third kappa shape index (κ3) is 5.62. The summed E-state index contributed by atoms with van der Waals surface area (Å²) in [4.78, 5) is 11.0. The van der Waals surface area contributed by atoms with Crippen LogP contribution in [0.2, 0.25) is 0 Å². The van der Waals surface area contributed by atoms with Crippen molar-refractivity contribution in [3.8, 4) is 11.6 Å². The lowest BCUT2D eigenvalue weighted by Crippen LogP contribution is -2.45. The van der Waals surface area contributed by atoms with Gasteiger partial charge >= 0.3 is 0 Å².